The molecule has 0 saturated carbocycles. The van der Waals surface area contributed by atoms with E-state index in [0.717, 1.165) is 19.6 Å². The monoisotopic (exact) mass is 229 g/mol. The molecule has 5 N–H and O–H groups in total. The van der Waals surface area contributed by atoms with Crippen molar-refractivity contribution in [2.45, 2.75) is 58.4 Å². The second-order valence-corrected chi connectivity index (χ2v) is 4.99. The quantitative estimate of drug-likeness (QED) is 0.474. The van der Waals surface area contributed by atoms with E-state index in [1.165, 1.54) is 38.5 Å². The number of rotatable bonds is 11. The molecular weight excluding hydrogens is 198 g/mol. The molecule has 0 aromatic rings. The summed E-state index contributed by atoms with van der Waals surface area (Å²) in [5.74, 6) is 0.701. The van der Waals surface area contributed by atoms with Crippen LogP contribution in [-0.2, 0) is 0 Å². The SMILES string of the molecule is CC(CN)CCCCCCCNC(C)CN. The van der Waals surface area contributed by atoms with Crippen molar-refractivity contribution < 1.29 is 0 Å². The normalized spacial score (nSPS) is 15.0. The number of hydrogen-bond donors (Lipinski definition) is 3. The van der Waals surface area contributed by atoms with Crippen LogP contribution in [0.1, 0.15) is 52.4 Å². The van der Waals surface area contributed by atoms with Gasteiger partial charge in [-0.1, -0.05) is 32.6 Å². The first kappa shape index (κ1) is 15.9. The molecule has 0 amide bonds. The first-order valence-corrected chi connectivity index (χ1v) is 6.84. The van der Waals surface area contributed by atoms with Crippen molar-refractivity contribution in [1.82, 2.24) is 5.32 Å². The van der Waals surface area contributed by atoms with Crippen LogP contribution >= 0.6 is 0 Å². The fraction of sp³-hybridized carbons (Fsp3) is 1.00. The van der Waals surface area contributed by atoms with E-state index in [-0.39, 0.29) is 0 Å². The Balaban J connectivity index is 3.04. The van der Waals surface area contributed by atoms with Crippen molar-refractivity contribution in [1.29, 1.82) is 0 Å². The fourth-order valence-corrected chi connectivity index (χ4v) is 1.70. The van der Waals surface area contributed by atoms with Gasteiger partial charge in [-0.25, -0.2) is 0 Å². The van der Waals surface area contributed by atoms with E-state index in [0.29, 0.717) is 12.0 Å². The minimum absolute atomic E-state index is 0.463. The first-order valence-electron chi connectivity index (χ1n) is 6.84. The molecule has 3 nitrogen and oxygen atoms in total. The van der Waals surface area contributed by atoms with Crippen LogP contribution < -0.4 is 16.8 Å². The van der Waals surface area contributed by atoms with Gasteiger partial charge in [0.05, 0.1) is 0 Å². The Bertz CT molecular complexity index is 123. The molecule has 98 valence electrons. The topological polar surface area (TPSA) is 64.1 Å². The zero-order valence-electron chi connectivity index (χ0n) is 11.2. The van der Waals surface area contributed by atoms with Gasteiger partial charge in [0.1, 0.15) is 0 Å². The van der Waals surface area contributed by atoms with E-state index in [1.807, 2.05) is 0 Å². The standard InChI is InChI=1S/C13H31N3/c1-12(10-14)8-6-4-3-5-7-9-16-13(2)11-15/h12-13,16H,3-11,14-15H2,1-2H3. The van der Waals surface area contributed by atoms with Crippen molar-refractivity contribution in [3.8, 4) is 0 Å². The third-order valence-electron chi connectivity index (χ3n) is 3.12. The average molecular weight is 229 g/mol. The third kappa shape index (κ3) is 10.4. The van der Waals surface area contributed by atoms with Gasteiger partial charge >= 0.3 is 0 Å². The first-order chi connectivity index (χ1) is 7.70. The summed E-state index contributed by atoms with van der Waals surface area (Å²) >= 11 is 0. The highest BCUT2D eigenvalue weighted by molar-refractivity contribution is 4.60. The molecule has 3 heteroatoms. The Kier molecular flexibility index (Phi) is 11.3. The van der Waals surface area contributed by atoms with Crippen molar-refractivity contribution in [2.75, 3.05) is 19.6 Å². The maximum Gasteiger partial charge on any atom is 0.0161 e. The molecule has 0 aromatic heterocycles. The average Bonchev–Trinajstić information content (AvgIpc) is 2.31. The van der Waals surface area contributed by atoms with Crippen molar-refractivity contribution >= 4 is 0 Å². The van der Waals surface area contributed by atoms with E-state index in [9.17, 15) is 0 Å². The Labute approximate surface area is 101 Å². The fourth-order valence-electron chi connectivity index (χ4n) is 1.70. The Morgan fingerprint density at radius 3 is 2.12 bits per heavy atom. The smallest absolute Gasteiger partial charge is 0.0161 e. The van der Waals surface area contributed by atoms with Gasteiger partial charge in [-0.15, -0.1) is 0 Å². The molecule has 0 aliphatic rings. The van der Waals surface area contributed by atoms with E-state index in [4.69, 9.17) is 11.5 Å². The highest BCUT2D eigenvalue weighted by Gasteiger charge is 1.99. The highest BCUT2D eigenvalue weighted by Crippen LogP contribution is 2.09. The lowest BCUT2D eigenvalue weighted by Gasteiger charge is -2.10. The summed E-state index contributed by atoms with van der Waals surface area (Å²) in [6, 6.07) is 0.463. The molecule has 0 aliphatic carbocycles. The molecule has 2 unspecified atom stereocenters. The zero-order valence-corrected chi connectivity index (χ0v) is 11.2. The van der Waals surface area contributed by atoms with Gasteiger partial charge in [0, 0.05) is 12.6 Å². The predicted octanol–water partition coefficient (Wildman–Crippen LogP) is 1.86. The molecule has 0 fully saturated rings. The number of nitrogens with two attached hydrogens (primary N) is 2. The number of hydrogen-bond acceptors (Lipinski definition) is 3. The molecule has 16 heavy (non-hydrogen) atoms. The van der Waals surface area contributed by atoms with Crippen LogP contribution in [0.25, 0.3) is 0 Å². The molecule has 0 aliphatic heterocycles. The summed E-state index contributed by atoms with van der Waals surface area (Å²) in [6.45, 7) is 7.04. The summed E-state index contributed by atoms with van der Waals surface area (Å²) in [5.41, 5.74) is 11.1. The summed E-state index contributed by atoms with van der Waals surface area (Å²) in [4.78, 5) is 0. The second kappa shape index (κ2) is 11.4. The molecule has 0 radical (unpaired) electrons. The molecular formula is C13H31N3. The van der Waals surface area contributed by atoms with Crippen LogP contribution in [0.2, 0.25) is 0 Å². The Hall–Kier alpha value is -0.120. The summed E-state index contributed by atoms with van der Waals surface area (Å²) < 4.78 is 0. The van der Waals surface area contributed by atoms with Gasteiger partial charge in [0.25, 0.3) is 0 Å². The van der Waals surface area contributed by atoms with Gasteiger partial charge in [-0.05, 0) is 38.8 Å². The predicted molar refractivity (Wildman–Crippen MR) is 72.4 cm³/mol. The highest BCUT2D eigenvalue weighted by atomic mass is 14.9. The lowest BCUT2D eigenvalue weighted by atomic mass is 10.0. The maximum absolute atomic E-state index is 5.58. The maximum atomic E-state index is 5.58. The largest absolute Gasteiger partial charge is 0.330 e. The third-order valence-corrected chi connectivity index (χ3v) is 3.12. The molecule has 0 aromatic carbocycles. The minimum atomic E-state index is 0.463. The van der Waals surface area contributed by atoms with Crippen LogP contribution in [-0.4, -0.2) is 25.7 Å². The summed E-state index contributed by atoms with van der Waals surface area (Å²) in [6.07, 6.45) is 7.95. The molecule has 0 saturated heterocycles. The van der Waals surface area contributed by atoms with E-state index < -0.39 is 0 Å². The van der Waals surface area contributed by atoms with Gasteiger partial charge in [0.2, 0.25) is 0 Å². The van der Waals surface area contributed by atoms with E-state index in [1.54, 1.807) is 0 Å². The van der Waals surface area contributed by atoms with Gasteiger partial charge < -0.3 is 16.8 Å². The molecule has 0 rings (SSSR count). The van der Waals surface area contributed by atoms with Crippen LogP contribution in [0.15, 0.2) is 0 Å². The van der Waals surface area contributed by atoms with E-state index >= 15 is 0 Å². The van der Waals surface area contributed by atoms with Crippen molar-refractivity contribution in [2.24, 2.45) is 17.4 Å². The molecule has 0 spiro atoms. The number of unbranched alkanes of at least 4 members (excludes halogenated alkanes) is 4. The van der Waals surface area contributed by atoms with Crippen molar-refractivity contribution in [3.05, 3.63) is 0 Å². The molecule has 2 atom stereocenters. The van der Waals surface area contributed by atoms with E-state index in [2.05, 4.69) is 19.2 Å². The second-order valence-electron chi connectivity index (χ2n) is 4.99. The molecule has 0 heterocycles. The van der Waals surface area contributed by atoms with Gasteiger partial charge in [-0.2, -0.15) is 0 Å². The van der Waals surface area contributed by atoms with Gasteiger partial charge in [-0.3, -0.25) is 0 Å². The van der Waals surface area contributed by atoms with Crippen LogP contribution in [0.5, 0.6) is 0 Å². The summed E-state index contributed by atoms with van der Waals surface area (Å²) in [7, 11) is 0. The van der Waals surface area contributed by atoms with Crippen LogP contribution in [0, 0.1) is 5.92 Å². The van der Waals surface area contributed by atoms with Crippen molar-refractivity contribution in [3.63, 3.8) is 0 Å². The Morgan fingerprint density at radius 1 is 0.875 bits per heavy atom. The summed E-state index contributed by atoms with van der Waals surface area (Å²) in [5, 5.41) is 3.41. The zero-order chi connectivity index (χ0) is 12.2. The number of nitrogens with one attached hydrogen (secondary N) is 1. The molecule has 0 bridgehead atoms. The van der Waals surface area contributed by atoms with Gasteiger partial charge in [0.15, 0.2) is 0 Å². The Morgan fingerprint density at radius 2 is 1.50 bits per heavy atom. The van der Waals surface area contributed by atoms with Crippen LogP contribution in [0.4, 0.5) is 0 Å². The lowest BCUT2D eigenvalue weighted by molar-refractivity contribution is 0.481. The minimum Gasteiger partial charge on any atom is -0.330 e. The lowest BCUT2D eigenvalue weighted by Crippen LogP contribution is -2.33. The van der Waals surface area contributed by atoms with Crippen LogP contribution in [0.3, 0.4) is 0 Å².